The van der Waals surface area contributed by atoms with Crippen molar-refractivity contribution in [3.63, 3.8) is 0 Å². The molecule has 3 N–H and O–H groups in total. The maximum atomic E-state index is 5.56. The molecule has 98 valence electrons. The smallest absolute Gasteiger partial charge is 0.142 e. The number of nitrogens with one attached hydrogen (secondary N) is 1. The summed E-state index contributed by atoms with van der Waals surface area (Å²) in [5, 5.41) is 4.40. The highest BCUT2D eigenvalue weighted by atomic mass is 15.4. The van der Waals surface area contributed by atoms with Gasteiger partial charge < -0.3 is 5.43 Å². The maximum Gasteiger partial charge on any atom is 0.142 e. The zero-order valence-electron chi connectivity index (χ0n) is 11.6. The molecule has 0 aliphatic carbocycles. The predicted molar refractivity (Wildman–Crippen MR) is 71.6 cm³/mol. The number of aromatic nitrogens is 2. The number of anilines is 1. The zero-order valence-corrected chi connectivity index (χ0v) is 11.6. The van der Waals surface area contributed by atoms with E-state index in [1.165, 1.54) is 5.56 Å². The molecule has 1 aromatic heterocycles. The summed E-state index contributed by atoms with van der Waals surface area (Å²) in [6, 6.07) is 0.528. The van der Waals surface area contributed by atoms with Gasteiger partial charge >= 0.3 is 0 Å². The molecule has 0 bridgehead atoms. The molecule has 0 aliphatic heterocycles. The minimum atomic E-state index is 0.528. The molecule has 0 radical (unpaired) electrons. The molecule has 0 saturated carbocycles. The SMILES string of the molecule is CCCN(Cc1c(C)nn(C)c1NN)C(C)C. The van der Waals surface area contributed by atoms with E-state index in [1.54, 1.807) is 4.68 Å². The molecule has 1 rings (SSSR count). The van der Waals surface area contributed by atoms with Gasteiger partial charge in [-0.15, -0.1) is 0 Å². The summed E-state index contributed by atoms with van der Waals surface area (Å²) in [6.45, 7) is 10.7. The lowest BCUT2D eigenvalue weighted by Gasteiger charge is -2.26. The largest absolute Gasteiger partial charge is 0.308 e. The Bertz CT molecular complexity index is 356. The van der Waals surface area contributed by atoms with E-state index in [4.69, 9.17) is 5.84 Å². The van der Waals surface area contributed by atoms with E-state index in [-0.39, 0.29) is 0 Å². The third kappa shape index (κ3) is 3.20. The number of nitrogen functional groups attached to an aromatic ring is 1. The Morgan fingerprint density at radius 3 is 2.59 bits per heavy atom. The maximum absolute atomic E-state index is 5.56. The predicted octanol–water partition coefficient (Wildman–Crippen LogP) is 1.63. The lowest BCUT2D eigenvalue weighted by molar-refractivity contribution is 0.213. The van der Waals surface area contributed by atoms with Crippen molar-refractivity contribution in [1.29, 1.82) is 0 Å². The number of hydrogen-bond donors (Lipinski definition) is 2. The first-order valence-corrected chi connectivity index (χ1v) is 6.24. The van der Waals surface area contributed by atoms with Crippen LogP contribution in [0.15, 0.2) is 0 Å². The fraction of sp³-hybridized carbons (Fsp3) is 0.750. The highest BCUT2D eigenvalue weighted by molar-refractivity contribution is 5.46. The molecule has 1 aromatic rings. The molecule has 5 heteroatoms. The minimum absolute atomic E-state index is 0.528. The Labute approximate surface area is 104 Å². The van der Waals surface area contributed by atoms with Crippen molar-refractivity contribution in [3.8, 4) is 0 Å². The molecular weight excluding hydrogens is 214 g/mol. The van der Waals surface area contributed by atoms with E-state index < -0.39 is 0 Å². The summed E-state index contributed by atoms with van der Waals surface area (Å²) < 4.78 is 1.80. The van der Waals surface area contributed by atoms with Gasteiger partial charge in [0.15, 0.2) is 0 Å². The molecular formula is C12H25N5. The van der Waals surface area contributed by atoms with Crippen molar-refractivity contribution in [1.82, 2.24) is 14.7 Å². The van der Waals surface area contributed by atoms with Crippen LogP contribution in [-0.4, -0.2) is 27.3 Å². The van der Waals surface area contributed by atoms with Crippen molar-refractivity contribution in [2.45, 2.75) is 46.7 Å². The Balaban J connectivity index is 2.92. The highest BCUT2D eigenvalue weighted by Crippen LogP contribution is 2.20. The summed E-state index contributed by atoms with van der Waals surface area (Å²) in [5.74, 6) is 6.47. The summed E-state index contributed by atoms with van der Waals surface area (Å²) in [7, 11) is 1.91. The van der Waals surface area contributed by atoms with Crippen molar-refractivity contribution in [2.24, 2.45) is 12.9 Å². The van der Waals surface area contributed by atoms with Gasteiger partial charge in [-0.1, -0.05) is 6.92 Å². The van der Waals surface area contributed by atoms with Crippen LogP contribution < -0.4 is 11.3 Å². The second-order valence-electron chi connectivity index (χ2n) is 4.74. The van der Waals surface area contributed by atoms with Crippen molar-refractivity contribution >= 4 is 5.82 Å². The molecule has 0 atom stereocenters. The van der Waals surface area contributed by atoms with Crippen LogP contribution in [0.2, 0.25) is 0 Å². The van der Waals surface area contributed by atoms with Crippen molar-refractivity contribution < 1.29 is 0 Å². The van der Waals surface area contributed by atoms with Crippen LogP contribution in [0, 0.1) is 6.92 Å². The van der Waals surface area contributed by atoms with E-state index in [0.29, 0.717) is 6.04 Å². The number of hydrazine groups is 1. The first-order valence-electron chi connectivity index (χ1n) is 6.24. The van der Waals surface area contributed by atoms with Crippen LogP contribution in [0.25, 0.3) is 0 Å². The van der Waals surface area contributed by atoms with Crippen LogP contribution in [0.1, 0.15) is 38.4 Å². The number of nitrogens with two attached hydrogens (primary N) is 1. The molecule has 0 spiro atoms. The second kappa shape index (κ2) is 6.02. The number of rotatable bonds is 6. The zero-order chi connectivity index (χ0) is 13.0. The molecule has 0 aliphatic rings. The Morgan fingerprint density at radius 1 is 1.47 bits per heavy atom. The van der Waals surface area contributed by atoms with Crippen LogP contribution >= 0.6 is 0 Å². The first kappa shape index (κ1) is 14.0. The van der Waals surface area contributed by atoms with E-state index in [9.17, 15) is 0 Å². The normalized spacial score (nSPS) is 11.5. The average Bonchev–Trinajstić information content (AvgIpc) is 2.52. The van der Waals surface area contributed by atoms with Gasteiger partial charge in [-0.25, -0.2) is 5.84 Å². The Hall–Kier alpha value is -1.07. The van der Waals surface area contributed by atoms with Crippen LogP contribution in [0.4, 0.5) is 5.82 Å². The van der Waals surface area contributed by atoms with Crippen LogP contribution in [0.5, 0.6) is 0 Å². The summed E-state index contributed by atoms with van der Waals surface area (Å²) >= 11 is 0. The molecule has 5 nitrogen and oxygen atoms in total. The number of nitrogens with zero attached hydrogens (tertiary/aromatic N) is 3. The van der Waals surface area contributed by atoms with Crippen LogP contribution in [0.3, 0.4) is 0 Å². The monoisotopic (exact) mass is 239 g/mol. The van der Waals surface area contributed by atoms with Gasteiger partial charge in [0, 0.05) is 25.2 Å². The van der Waals surface area contributed by atoms with Crippen molar-refractivity contribution in [2.75, 3.05) is 12.0 Å². The molecule has 1 heterocycles. The Kier molecular flexibility index (Phi) is 4.96. The topological polar surface area (TPSA) is 59.1 Å². The molecule has 0 amide bonds. The second-order valence-corrected chi connectivity index (χ2v) is 4.74. The summed E-state index contributed by atoms with van der Waals surface area (Å²) in [5.41, 5.74) is 4.98. The third-order valence-corrected chi connectivity index (χ3v) is 3.09. The van der Waals surface area contributed by atoms with Gasteiger partial charge in [0.25, 0.3) is 0 Å². The van der Waals surface area contributed by atoms with E-state index in [1.807, 2.05) is 14.0 Å². The van der Waals surface area contributed by atoms with Gasteiger partial charge in [-0.05, 0) is 33.7 Å². The fourth-order valence-electron chi connectivity index (χ4n) is 2.08. The van der Waals surface area contributed by atoms with E-state index in [2.05, 4.69) is 36.2 Å². The minimum Gasteiger partial charge on any atom is -0.308 e. The van der Waals surface area contributed by atoms with E-state index in [0.717, 1.165) is 31.0 Å². The molecule has 0 aromatic carbocycles. The van der Waals surface area contributed by atoms with E-state index >= 15 is 0 Å². The fourth-order valence-corrected chi connectivity index (χ4v) is 2.08. The van der Waals surface area contributed by atoms with Gasteiger partial charge in [0.2, 0.25) is 0 Å². The summed E-state index contributed by atoms with van der Waals surface area (Å²) in [4.78, 5) is 2.44. The van der Waals surface area contributed by atoms with Crippen LogP contribution in [-0.2, 0) is 13.6 Å². The van der Waals surface area contributed by atoms with Gasteiger partial charge in [0.05, 0.1) is 5.69 Å². The molecule has 0 fully saturated rings. The first-order chi connectivity index (χ1) is 8.01. The molecule has 0 unspecified atom stereocenters. The molecule has 17 heavy (non-hydrogen) atoms. The third-order valence-electron chi connectivity index (χ3n) is 3.09. The van der Waals surface area contributed by atoms with Gasteiger partial charge in [-0.3, -0.25) is 9.58 Å². The standard InChI is InChI=1S/C12H25N5/c1-6-7-17(9(2)3)8-11-10(4)15-16(5)12(11)14-13/h9,14H,6-8,13H2,1-5H3. The average molecular weight is 239 g/mol. The number of hydrogen-bond acceptors (Lipinski definition) is 4. The van der Waals surface area contributed by atoms with Gasteiger partial charge in [0.1, 0.15) is 5.82 Å². The number of aryl methyl sites for hydroxylation is 2. The van der Waals surface area contributed by atoms with Gasteiger partial charge in [-0.2, -0.15) is 5.10 Å². The highest BCUT2D eigenvalue weighted by Gasteiger charge is 2.17. The lowest BCUT2D eigenvalue weighted by atomic mass is 10.2. The Morgan fingerprint density at radius 2 is 2.12 bits per heavy atom. The van der Waals surface area contributed by atoms with Crippen molar-refractivity contribution in [3.05, 3.63) is 11.3 Å². The molecule has 0 saturated heterocycles. The quantitative estimate of drug-likeness (QED) is 0.585. The lowest BCUT2D eigenvalue weighted by Crippen LogP contribution is -2.31. The summed E-state index contributed by atoms with van der Waals surface area (Å²) in [6.07, 6.45) is 1.16.